The van der Waals surface area contributed by atoms with E-state index in [0.717, 1.165) is 8.66 Å². The van der Waals surface area contributed by atoms with Crippen molar-refractivity contribution in [2.24, 2.45) is 0 Å². The number of halogens is 1. The Morgan fingerprint density at radius 2 is 1.93 bits per heavy atom. The summed E-state index contributed by atoms with van der Waals surface area (Å²) >= 11 is 4.95. The number of nitrogens with zero attached hydrogens (tertiary/aromatic N) is 2. The van der Waals surface area contributed by atoms with E-state index in [1.165, 1.54) is 9.80 Å². The fourth-order valence-corrected chi connectivity index (χ4v) is 6.25. The minimum atomic E-state index is -3.63. The molecule has 2 N–H and O–H groups in total. The third-order valence-corrected chi connectivity index (χ3v) is 8.01. The Morgan fingerprint density at radius 3 is 2.59 bits per heavy atom. The van der Waals surface area contributed by atoms with Gasteiger partial charge in [-0.25, -0.2) is 8.42 Å². The summed E-state index contributed by atoms with van der Waals surface area (Å²) in [7, 11) is -3.63. The summed E-state index contributed by atoms with van der Waals surface area (Å²) < 4.78 is 24.6. The van der Waals surface area contributed by atoms with E-state index < -0.39 is 45.3 Å². The van der Waals surface area contributed by atoms with Gasteiger partial charge in [0.25, 0.3) is 0 Å². The molecule has 0 aromatic carbocycles. The lowest BCUT2D eigenvalue weighted by Crippen LogP contribution is -2.57. The highest BCUT2D eigenvalue weighted by Gasteiger charge is 2.37. The zero-order valence-electron chi connectivity index (χ0n) is 15.5. The monoisotopic (exact) mass is 507 g/mol. The Labute approximate surface area is 181 Å². The van der Waals surface area contributed by atoms with Crippen molar-refractivity contribution in [3.8, 4) is 0 Å². The van der Waals surface area contributed by atoms with Crippen LogP contribution in [0.25, 0.3) is 0 Å². The molecule has 2 atom stereocenters. The zero-order chi connectivity index (χ0) is 21.2. The summed E-state index contributed by atoms with van der Waals surface area (Å²) in [6.45, 7) is 0.487. The molecule has 2 fully saturated rings. The molecule has 160 valence electrons. The third kappa shape index (κ3) is 6.00. The van der Waals surface area contributed by atoms with Crippen molar-refractivity contribution in [3.05, 3.63) is 20.8 Å². The molecule has 2 aliphatic rings. The maximum absolute atomic E-state index is 12.7. The van der Waals surface area contributed by atoms with Gasteiger partial charge in [0, 0.05) is 37.5 Å². The number of sulfone groups is 1. The van der Waals surface area contributed by atoms with E-state index in [0.29, 0.717) is 12.8 Å². The van der Waals surface area contributed by atoms with Gasteiger partial charge in [-0.3, -0.25) is 14.4 Å². The van der Waals surface area contributed by atoms with Crippen LogP contribution in [0.15, 0.2) is 15.9 Å². The summed E-state index contributed by atoms with van der Waals surface area (Å²) in [6.07, 6.45) is -0.0573. The summed E-state index contributed by atoms with van der Waals surface area (Å²) in [5.74, 6) is -2.46. The molecule has 0 radical (unpaired) electrons. The van der Waals surface area contributed by atoms with Crippen molar-refractivity contribution in [1.29, 1.82) is 0 Å². The largest absolute Gasteiger partial charge is 0.389 e. The van der Waals surface area contributed by atoms with Crippen LogP contribution >= 0.6 is 27.3 Å². The van der Waals surface area contributed by atoms with Gasteiger partial charge < -0.3 is 20.2 Å². The Kier molecular flexibility index (Phi) is 6.97. The summed E-state index contributed by atoms with van der Waals surface area (Å²) in [5.41, 5.74) is 0. The van der Waals surface area contributed by atoms with Crippen molar-refractivity contribution >= 4 is 54.8 Å². The topological polar surface area (TPSA) is 124 Å². The van der Waals surface area contributed by atoms with Crippen LogP contribution in [0.5, 0.6) is 0 Å². The predicted molar refractivity (Wildman–Crippen MR) is 110 cm³/mol. The first-order chi connectivity index (χ1) is 13.6. The van der Waals surface area contributed by atoms with Crippen LogP contribution in [0.3, 0.4) is 0 Å². The number of hydrogen-bond donors (Lipinski definition) is 2. The maximum atomic E-state index is 12.7. The number of β-amino-alcohol motifs (C(OH)–C–C–N with tert-alkyl or cyclic N) is 1. The molecule has 0 bridgehead atoms. The van der Waals surface area contributed by atoms with Gasteiger partial charge in [0.2, 0.25) is 17.7 Å². The highest BCUT2D eigenvalue weighted by molar-refractivity contribution is 9.11. The number of rotatable bonds is 4. The van der Waals surface area contributed by atoms with Crippen LogP contribution < -0.4 is 5.32 Å². The second kappa shape index (κ2) is 9.11. The molecule has 0 saturated carbocycles. The van der Waals surface area contributed by atoms with Crippen LogP contribution in [0.1, 0.15) is 11.3 Å². The normalized spacial score (nSPS) is 24.7. The van der Waals surface area contributed by atoms with Crippen molar-refractivity contribution < 1.29 is 27.9 Å². The van der Waals surface area contributed by atoms with Crippen LogP contribution in [0, 0.1) is 0 Å². The van der Waals surface area contributed by atoms with Crippen LogP contribution in [-0.2, 0) is 30.6 Å². The summed E-state index contributed by atoms with van der Waals surface area (Å²) in [4.78, 5) is 40.7. The number of aliphatic hydroxyl groups excluding tert-OH is 1. The highest BCUT2D eigenvalue weighted by atomic mass is 79.9. The number of hydrogen-bond acceptors (Lipinski definition) is 7. The third-order valence-electron chi connectivity index (χ3n) is 4.79. The lowest BCUT2D eigenvalue weighted by molar-refractivity contribution is -0.136. The molecular weight excluding hydrogens is 486 g/mol. The molecule has 3 amide bonds. The molecule has 1 aromatic heterocycles. The number of aryl methyl sites for hydroxylation is 1. The molecular formula is C17H22BrN3O6S2. The predicted octanol–water partition coefficient (Wildman–Crippen LogP) is -0.612. The average Bonchev–Trinajstić information content (AvgIpc) is 2.94. The standard InChI is InChI=1S/C17H22BrN3O6S2/c18-14-3-1-12(28-14)2-4-16(24)20-5-6-21(8-11(22)7-20)17(25)13-9-29(26,27)10-15(23)19-13/h1,3,11,13,22H,2,4-10H2,(H,19,23). The quantitative estimate of drug-likeness (QED) is 0.560. The van der Waals surface area contributed by atoms with Gasteiger partial charge >= 0.3 is 0 Å². The van der Waals surface area contributed by atoms with Crippen LogP contribution in [-0.4, -0.2) is 90.9 Å². The van der Waals surface area contributed by atoms with E-state index in [9.17, 15) is 27.9 Å². The molecule has 0 spiro atoms. The van der Waals surface area contributed by atoms with Crippen molar-refractivity contribution in [2.75, 3.05) is 37.7 Å². The number of thiophene rings is 1. The van der Waals surface area contributed by atoms with Gasteiger partial charge in [0.15, 0.2) is 9.84 Å². The fraction of sp³-hybridized carbons (Fsp3) is 0.588. The Bertz CT molecular complexity index is 903. The molecule has 9 nitrogen and oxygen atoms in total. The second-order valence-electron chi connectivity index (χ2n) is 7.16. The smallest absolute Gasteiger partial charge is 0.246 e. The van der Waals surface area contributed by atoms with E-state index in [1.807, 2.05) is 12.1 Å². The van der Waals surface area contributed by atoms with Gasteiger partial charge in [0.1, 0.15) is 11.8 Å². The number of aliphatic hydroxyl groups is 1. The van der Waals surface area contributed by atoms with E-state index in [-0.39, 0.29) is 32.1 Å². The number of carbonyl (C=O) groups excluding carboxylic acids is 3. The van der Waals surface area contributed by atoms with Crippen LogP contribution in [0.2, 0.25) is 0 Å². The first kappa shape index (κ1) is 22.2. The van der Waals surface area contributed by atoms with Gasteiger partial charge in [-0.05, 0) is 34.5 Å². The Morgan fingerprint density at radius 1 is 1.24 bits per heavy atom. The minimum absolute atomic E-state index is 0.0209. The number of nitrogens with one attached hydrogen (secondary N) is 1. The molecule has 1 aromatic rings. The van der Waals surface area contributed by atoms with E-state index in [2.05, 4.69) is 21.2 Å². The molecule has 3 heterocycles. The highest BCUT2D eigenvalue weighted by Crippen LogP contribution is 2.23. The average molecular weight is 508 g/mol. The fourth-order valence-electron chi connectivity index (χ4n) is 3.44. The van der Waals surface area contributed by atoms with E-state index in [1.54, 1.807) is 11.3 Å². The first-order valence-corrected chi connectivity index (χ1v) is 12.5. The number of amides is 3. The molecule has 0 aliphatic carbocycles. The summed E-state index contributed by atoms with van der Waals surface area (Å²) in [5, 5.41) is 12.7. The van der Waals surface area contributed by atoms with Crippen molar-refractivity contribution in [2.45, 2.75) is 25.0 Å². The lowest BCUT2D eigenvalue weighted by Gasteiger charge is -2.29. The molecule has 2 saturated heterocycles. The van der Waals surface area contributed by atoms with E-state index in [4.69, 9.17) is 0 Å². The number of carbonyl (C=O) groups is 3. The lowest BCUT2D eigenvalue weighted by atomic mass is 10.2. The zero-order valence-corrected chi connectivity index (χ0v) is 18.8. The van der Waals surface area contributed by atoms with Crippen LogP contribution in [0.4, 0.5) is 0 Å². The van der Waals surface area contributed by atoms with Gasteiger partial charge in [-0.1, -0.05) is 0 Å². The Hall–Kier alpha value is -1.50. The minimum Gasteiger partial charge on any atom is -0.389 e. The van der Waals surface area contributed by atoms with Gasteiger partial charge in [-0.2, -0.15) is 0 Å². The second-order valence-corrected chi connectivity index (χ2v) is 11.8. The SMILES string of the molecule is O=C1CS(=O)(=O)CC(C(=O)N2CCN(C(=O)CCc3ccc(Br)s3)CC(O)C2)N1. The Balaban J connectivity index is 1.58. The maximum Gasteiger partial charge on any atom is 0.246 e. The molecule has 12 heteroatoms. The van der Waals surface area contributed by atoms with Crippen molar-refractivity contribution in [3.63, 3.8) is 0 Å². The van der Waals surface area contributed by atoms with E-state index >= 15 is 0 Å². The molecule has 3 rings (SSSR count). The first-order valence-electron chi connectivity index (χ1n) is 9.11. The molecule has 2 aliphatic heterocycles. The molecule has 29 heavy (non-hydrogen) atoms. The van der Waals surface area contributed by atoms with Crippen molar-refractivity contribution in [1.82, 2.24) is 15.1 Å². The van der Waals surface area contributed by atoms with Gasteiger partial charge in [0.05, 0.1) is 15.6 Å². The molecule has 2 unspecified atom stereocenters. The van der Waals surface area contributed by atoms with Gasteiger partial charge in [-0.15, -0.1) is 11.3 Å². The summed E-state index contributed by atoms with van der Waals surface area (Å²) in [6, 6.07) is 2.72.